The summed E-state index contributed by atoms with van der Waals surface area (Å²) in [5, 5.41) is 8.54. The summed E-state index contributed by atoms with van der Waals surface area (Å²) in [5.41, 5.74) is 0.824. The van der Waals surface area contributed by atoms with Crippen LogP contribution in [0, 0.1) is 0 Å². The monoisotopic (exact) mass is 307 g/mol. The van der Waals surface area contributed by atoms with Crippen molar-refractivity contribution < 1.29 is 14.3 Å². The molecule has 1 aromatic heterocycles. The normalized spacial score (nSPS) is 10.7. The standard InChI is InChI=1S/C14H17N3O3S/c1-10(2)20-13(18)8-21-14-16-15-9-17(14)11-6-4-5-7-12(11)19-3/h4-7,9-10H,8H2,1-3H3. The van der Waals surface area contributed by atoms with Crippen molar-refractivity contribution in [2.45, 2.75) is 25.1 Å². The first kappa shape index (κ1) is 15.4. The molecule has 0 N–H and O–H groups in total. The minimum absolute atomic E-state index is 0.120. The molecule has 0 amide bonds. The van der Waals surface area contributed by atoms with E-state index in [0.717, 1.165) is 5.69 Å². The summed E-state index contributed by atoms with van der Waals surface area (Å²) in [4.78, 5) is 11.6. The average Bonchev–Trinajstić information content (AvgIpc) is 2.92. The van der Waals surface area contributed by atoms with Crippen molar-refractivity contribution in [1.82, 2.24) is 14.8 Å². The van der Waals surface area contributed by atoms with E-state index < -0.39 is 0 Å². The molecule has 1 aromatic carbocycles. The Morgan fingerprint density at radius 3 is 2.86 bits per heavy atom. The minimum atomic E-state index is -0.274. The van der Waals surface area contributed by atoms with Gasteiger partial charge in [0, 0.05) is 0 Å². The highest BCUT2D eigenvalue weighted by atomic mass is 32.2. The van der Waals surface area contributed by atoms with Gasteiger partial charge < -0.3 is 9.47 Å². The van der Waals surface area contributed by atoms with E-state index in [1.807, 2.05) is 38.1 Å². The van der Waals surface area contributed by atoms with Crippen molar-refractivity contribution in [1.29, 1.82) is 0 Å². The maximum absolute atomic E-state index is 11.6. The third-order valence-electron chi connectivity index (χ3n) is 2.55. The number of nitrogens with zero attached hydrogens (tertiary/aromatic N) is 3. The van der Waals surface area contributed by atoms with Crippen LogP contribution in [0.1, 0.15) is 13.8 Å². The third kappa shape index (κ3) is 3.98. The largest absolute Gasteiger partial charge is 0.495 e. The number of thioether (sulfide) groups is 1. The lowest BCUT2D eigenvalue weighted by Crippen LogP contribution is -2.13. The molecule has 0 unspecified atom stereocenters. The fraction of sp³-hybridized carbons (Fsp3) is 0.357. The summed E-state index contributed by atoms with van der Waals surface area (Å²) < 4.78 is 12.2. The quantitative estimate of drug-likeness (QED) is 0.603. The zero-order valence-electron chi connectivity index (χ0n) is 12.1. The maximum Gasteiger partial charge on any atom is 0.316 e. The van der Waals surface area contributed by atoms with Crippen molar-refractivity contribution in [3.8, 4) is 11.4 Å². The molecule has 0 aliphatic heterocycles. The Balaban J connectivity index is 2.14. The molecule has 0 saturated heterocycles. The van der Waals surface area contributed by atoms with Gasteiger partial charge in [-0.15, -0.1) is 10.2 Å². The van der Waals surface area contributed by atoms with Gasteiger partial charge in [0.1, 0.15) is 12.1 Å². The van der Waals surface area contributed by atoms with Gasteiger partial charge in [0.15, 0.2) is 5.16 Å². The van der Waals surface area contributed by atoms with Crippen LogP contribution in [0.4, 0.5) is 0 Å². The topological polar surface area (TPSA) is 66.2 Å². The molecule has 21 heavy (non-hydrogen) atoms. The highest BCUT2D eigenvalue weighted by molar-refractivity contribution is 7.99. The lowest BCUT2D eigenvalue weighted by atomic mass is 10.3. The van der Waals surface area contributed by atoms with Gasteiger partial charge >= 0.3 is 5.97 Å². The molecular formula is C14H17N3O3S. The van der Waals surface area contributed by atoms with Crippen LogP contribution in [0.15, 0.2) is 35.7 Å². The number of esters is 1. The first-order valence-electron chi connectivity index (χ1n) is 6.47. The molecule has 0 atom stereocenters. The molecule has 112 valence electrons. The Morgan fingerprint density at radius 2 is 2.14 bits per heavy atom. The van der Waals surface area contributed by atoms with Crippen LogP contribution in [0.25, 0.3) is 5.69 Å². The number of rotatable bonds is 6. The Hall–Kier alpha value is -2.02. The summed E-state index contributed by atoms with van der Waals surface area (Å²) in [5.74, 6) is 0.625. The Morgan fingerprint density at radius 1 is 1.38 bits per heavy atom. The fourth-order valence-corrected chi connectivity index (χ4v) is 2.44. The number of hydrogen-bond donors (Lipinski definition) is 0. The second kappa shape index (κ2) is 7.12. The molecule has 0 aliphatic carbocycles. The fourth-order valence-electron chi connectivity index (χ4n) is 1.74. The molecule has 0 fully saturated rings. The van der Waals surface area contributed by atoms with Crippen LogP contribution in [0.5, 0.6) is 5.75 Å². The van der Waals surface area contributed by atoms with Crippen molar-refractivity contribution >= 4 is 17.7 Å². The Bertz CT molecular complexity index is 613. The highest BCUT2D eigenvalue weighted by Crippen LogP contribution is 2.26. The van der Waals surface area contributed by atoms with Gasteiger partial charge in [-0.2, -0.15) is 0 Å². The van der Waals surface area contributed by atoms with Crippen LogP contribution in [-0.4, -0.2) is 39.7 Å². The molecule has 0 aliphatic rings. The van der Waals surface area contributed by atoms with Crippen molar-refractivity contribution in [3.63, 3.8) is 0 Å². The van der Waals surface area contributed by atoms with E-state index in [1.54, 1.807) is 18.0 Å². The molecule has 2 rings (SSSR count). The predicted molar refractivity (Wildman–Crippen MR) is 79.9 cm³/mol. The lowest BCUT2D eigenvalue weighted by molar-refractivity contribution is -0.144. The first-order valence-corrected chi connectivity index (χ1v) is 7.46. The second-order valence-corrected chi connectivity index (χ2v) is 5.43. The van der Waals surface area contributed by atoms with Crippen LogP contribution < -0.4 is 4.74 Å². The average molecular weight is 307 g/mol. The molecule has 0 bridgehead atoms. The second-order valence-electron chi connectivity index (χ2n) is 4.48. The summed E-state index contributed by atoms with van der Waals surface area (Å²) in [6.07, 6.45) is 1.47. The van der Waals surface area contributed by atoms with Crippen LogP contribution in [0.3, 0.4) is 0 Å². The number of ether oxygens (including phenoxy) is 2. The Kier molecular flexibility index (Phi) is 5.21. The smallest absolute Gasteiger partial charge is 0.316 e. The van der Waals surface area contributed by atoms with Gasteiger partial charge in [-0.05, 0) is 26.0 Å². The number of carbonyl (C=O) groups is 1. The van der Waals surface area contributed by atoms with E-state index in [9.17, 15) is 4.79 Å². The van der Waals surface area contributed by atoms with E-state index in [-0.39, 0.29) is 17.8 Å². The van der Waals surface area contributed by atoms with Gasteiger partial charge in [0.2, 0.25) is 0 Å². The van der Waals surface area contributed by atoms with Gasteiger partial charge in [-0.3, -0.25) is 9.36 Å². The van der Waals surface area contributed by atoms with Crippen molar-refractivity contribution in [2.75, 3.05) is 12.9 Å². The van der Waals surface area contributed by atoms with E-state index in [0.29, 0.717) is 10.9 Å². The first-order chi connectivity index (χ1) is 10.1. The van der Waals surface area contributed by atoms with Gasteiger partial charge in [-0.1, -0.05) is 23.9 Å². The maximum atomic E-state index is 11.6. The van der Waals surface area contributed by atoms with Gasteiger partial charge in [0.25, 0.3) is 0 Å². The zero-order chi connectivity index (χ0) is 15.2. The zero-order valence-corrected chi connectivity index (χ0v) is 13.0. The number of aromatic nitrogens is 3. The summed E-state index contributed by atoms with van der Waals surface area (Å²) in [7, 11) is 1.61. The SMILES string of the molecule is COc1ccccc1-n1cnnc1SCC(=O)OC(C)C. The van der Waals surface area contributed by atoms with E-state index in [4.69, 9.17) is 9.47 Å². The molecule has 1 heterocycles. The number of carbonyl (C=O) groups excluding carboxylic acids is 1. The molecule has 0 saturated carbocycles. The predicted octanol–water partition coefficient (Wildman–Crippen LogP) is 2.32. The molecular weight excluding hydrogens is 290 g/mol. The van der Waals surface area contributed by atoms with Crippen LogP contribution in [0.2, 0.25) is 0 Å². The molecule has 0 radical (unpaired) electrons. The number of methoxy groups -OCH3 is 1. The van der Waals surface area contributed by atoms with Gasteiger partial charge in [0.05, 0.1) is 24.7 Å². The van der Waals surface area contributed by atoms with Crippen molar-refractivity contribution in [2.24, 2.45) is 0 Å². The van der Waals surface area contributed by atoms with Gasteiger partial charge in [-0.25, -0.2) is 0 Å². The molecule has 6 nitrogen and oxygen atoms in total. The van der Waals surface area contributed by atoms with E-state index in [2.05, 4.69) is 10.2 Å². The lowest BCUT2D eigenvalue weighted by Gasteiger charge is -2.11. The summed E-state index contributed by atoms with van der Waals surface area (Å²) >= 11 is 1.28. The van der Waals surface area contributed by atoms with Crippen LogP contribution in [-0.2, 0) is 9.53 Å². The molecule has 7 heteroatoms. The Labute approximate surface area is 127 Å². The van der Waals surface area contributed by atoms with Crippen molar-refractivity contribution in [3.05, 3.63) is 30.6 Å². The number of hydrogen-bond acceptors (Lipinski definition) is 6. The van der Waals surface area contributed by atoms with Crippen LogP contribution >= 0.6 is 11.8 Å². The third-order valence-corrected chi connectivity index (χ3v) is 3.46. The van der Waals surface area contributed by atoms with E-state index >= 15 is 0 Å². The number of benzene rings is 1. The number of para-hydroxylation sites is 2. The minimum Gasteiger partial charge on any atom is -0.495 e. The molecule has 2 aromatic rings. The highest BCUT2D eigenvalue weighted by Gasteiger charge is 2.14. The summed E-state index contributed by atoms with van der Waals surface area (Å²) in [6, 6.07) is 7.55. The van der Waals surface area contributed by atoms with E-state index in [1.165, 1.54) is 11.8 Å². The molecule has 0 spiro atoms. The summed E-state index contributed by atoms with van der Waals surface area (Å²) in [6.45, 7) is 3.64.